The van der Waals surface area contributed by atoms with Gasteiger partial charge in [0, 0.05) is 11.8 Å². The van der Waals surface area contributed by atoms with E-state index in [1.807, 2.05) is 31.2 Å². The van der Waals surface area contributed by atoms with Crippen LogP contribution >= 0.6 is 0 Å². The summed E-state index contributed by atoms with van der Waals surface area (Å²) >= 11 is 0. The first kappa shape index (κ1) is 27.1. The zero-order chi connectivity index (χ0) is 27.2. The van der Waals surface area contributed by atoms with Gasteiger partial charge in [0.15, 0.2) is 5.78 Å². The van der Waals surface area contributed by atoms with E-state index in [2.05, 4.69) is 26.8 Å². The van der Waals surface area contributed by atoms with Crippen LogP contribution in [0.25, 0.3) is 0 Å². The molecule has 5 nitrogen and oxygen atoms in total. The molecule has 4 aliphatic rings. The van der Waals surface area contributed by atoms with E-state index in [1.165, 1.54) is 12.7 Å². The largest absolute Gasteiger partial charge is 0.469 e. The van der Waals surface area contributed by atoms with Gasteiger partial charge in [-0.2, -0.15) is 0 Å². The highest BCUT2D eigenvalue weighted by Crippen LogP contribution is 2.65. The van der Waals surface area contributed by atoms with E-state index in [1.54, 1.807) is 0 Å². The number of aryl methyl sites for hydroxylation is 1. The van der Waals surface area contributed by atoms with Crippen molar-refractivity contribution in [2.45, 2.75) is 91.6 Å². The summed E-state index contributed by atoms with van der Waals surface area (Å²) in [4.78, 5) is 38.5. The molecule has 0 aliphatic heterocycles. The molecule has 8 atom stereocenters. The number of ether oxygens (including phenoxy) is 2. The van der Waals surface area contributed by atoms with Gasteiger partial charge in [0.1, 0.15) is 6.10 Å². The van der Waals surface area contributed by atoms with Gasteiger partial charge >= 0.3 is 11.9 Å². The SMILES string of the molecule is COC(=O)CC[C@@H](C)[C@H]1CC[C@H]2[C@@H]3CC[C@@H]4C[C@@H](OC(=O)c5ccc(C)cc5)CC[C@]4(C)C3=CC(=O)[C@]12C. The molecule has 38 heavy (non-hydrogen) atoms. The quantitative estimate of drug-likeness (QED) is 0.383. The molecule has 0 N–H and O–H groups in total. The summed E-state index contributed by atoms with van der Waals surface area (Å²) in [5.74, 6) is 1.81. The van der Waals surface area contributed by atoms with E-state index < -0.39 is 0 Å². The Hall–Kier alpha value is -2.43. The number of rotatable bonds is 6. The Kier molecular flexibility index (Phi) is 7.34. The highest BCUT2D eigenvalue weighted by Gasteiger charge is 2.61. The third-order valence-corrected chi connectivity index (χ3v) is 11.2. The first-order valence-electron chi connectivity index (χ1n) is 14.7. The lowest BCUT2D eigenvalue weighted by Crippen LogP contribution is -2.52. The van der Waals surface area contributed by atoms with Crippen molar-refractivity contribution in [1.29, 1.82) is 0 Å². The number of allylic oxidation sites excluding steroid dienone is 2. The number of carbonyl (C=O) groups excluding carboxylic acids is 3. The maximum atomic E-state index is 13.9. The van der Waals surface area contributed by atoms with Gasteiger partial charge in [-0.15, -0.1) is 0 Å². The smallest absolute Gasteiger partial charge is 0.338 e. The molecule has 0 saturated heterocycles. The second-order valence-electron chi connectivity index (χ2n) is 13.1. The third-order valence-electron chi connectivity index (χ3n) is 11.2. The molecule has 0 spiro atoms. The number of benzene rings is 1. The summed E-state index contributed by atoms with van der Waals surface area (Å²) in [5, 5.41) is 0. The van der Waals surface area contributed by atoms with E-state index in [9.17, 15) is 14.4 Å². The zero-order valence-electron chi connectivity index (χ0n) is 23.8. The Balaban J connectivity index is 1.30. The Bertz CT molecular complexity index is 1120. The molecule has 1 aromatic rings. The molecule has 0 bridgehead atoms. The summed E-state index contributed by atoms with van der Waals surface area (Å²) in [6.45, 7) is 8.81. The van der Waals surface area contributed by atoms with Crippen LogP contribution in [0.1, 0.15) is 94.5 Å². The van der Waals surface area contributed by atoms with E-state index in [0.29, 0.717) is 47.4 Å². The molecular formula is C33H44O5. The van der Waals surface area contributed by atoms with E-state index in [-0.39, 0.29) is 28.9 Å². The minimum Gasteiger partial charge on any atom is -0.469 e. The third kappa shape index (κ3) is 4.54. The molecule has 206 valence electrons. The molecule has 0 aromatic heterocycles. The Morgan fingerprint density at radius 3 is 2.50 bits per heavy atom. The number of hydrogen-bond donors (Lipinski definition) is 0. The molecule has 0 amide bonds. The number of ketones is 1. The molecule has 4 aliphatic carbocycles. The topological polar surface area (TPSA) is 69.7 Å². The summed E-state index contributed by atoms with van der Waals surface area (Å²) in [6, 6.07) is 7.58. The Labute approximate surface area is 227 Å². The van der Waals surface area contributed by atoms with Crippen LogP contribution in [0.5, 0.6) is 0 Å². The molecule has 3 fully saturated rings. The predicted octanol–water partition coefficient (Wildman–Crippen LogP) is 6.87. The van der Waals surface area contributed by atoms with E-state index in [0.717, 1.165) is 56.9 Å². The fourth-order valence-electron chi connectivity index (χ4n) is 8.88. The fourth-order valence-corrected chi connectivity index (χ4v) is 8.88. The van der Waals surface area contributed by atoms with Gasteiger partial charge < -0.3 is 9.47 Å². The average Bonchev–Trinajstić information content (AvgIpc) is 3.27. The molecule has 0 radical (unpaired) electrons. The highest BCUT2D eigenvalue weighted by molar-refractivity contribution is 5.97. The summed E-state index contributed by atoms with van der Waals surface area (Å²) in [5.41, 5.74) is 2.79. The van der Waals surface area contributed by atoms with Gasteiger partial charge in [-0.25, -0.2) is 4.79 Å². The number of esters is 2. The van der Waals surface area contributed by atoms with Gasteiger partial charge in [-0.05, 0) is 112 Å². The summed E-state index contributed by atoms with van der Waals surface area (Å²) < 4.78 is 10.8. The van der Waals surface area contributed by atoms with Crippen molar-refractivity contribution in [2.24, 2.45) is 40.4 Å². The number of hydrogen-bond acceptors (Lipinski definition) is 5. The predicted molar refractivity (Wildman–Crippen MR) is 146 cm³/mol. The van der Waals surface area contributed by atoms with Crippen LogP contribution < -0.4 is 0 Å². The number of carbonyl (C=O) groups is 3. The summed E-state index contributed by atoms with van der Waals surface area (Å²) in [6.07, 6.45) is 10.3. The lowest BCUT2D eigenvalue weighted by molar-refractivity contribution is -0.141. The molecule has 1 aromatic carbocycles. The van der Waals surface area contributed by atoms with Crippen molar-refractivity contribution in [2.75, 3.05) is 7.11 Å². The highest BCUT2D eigenvalue weighted by atomic mass is 16.5. The first-order valence-corrected chi connectivity index (χ1v) is 14.7. The lowest BCUT2D eigenvalue weighted by atomic mass is 9.48. The summed E-state index contributed by atoms with van der Waals surface area (Å²) in [7, 11) is 1.44. The number of methoxy groups -OCH3 is 1. The van der Waals surface area contributed by atoms with Crippen LogP contribution in [0.15, 0.2) is 35.9 Å². The molecule has 5 rings (SSSR count). The second-order valence-corrected chi connectivity index (χ2v) is 13.1. The van der Waals surface area contributed by atoms with Gasteiger partial charge in [0.25, 0.3) is 0 Å². The minimum absolute atomic E-state index is 0.00125. The second kappa shape index (κ2) is 10.3. The fraction of sp³-hybridized carbons (Fsp3) is 0.667. The van der Waals surface area contributed by atoms with Gasteiger partial charge in [-0.3, -0.25) is 9.59 Å². The average molecular weight is 521 g/mol. The molecule has 0 heterocycles. The minimum atomic E-state index is -0.340. The van der Waals surface area contributed by atoms with E-state index in [4.69, 9.17) is 9.47 Å². The van der Waals surface area contributed by atoms with Gasteiger partial charge in [-0.1, -0.05) is 44.0 Å². The number of fused-ring (bicyclic) bond motifs is 5. The van der Waals surface area contributed by atoms with Crippen molar-refractivity contribution in [3.8, 4) is 0 Å². The maximum Gasteiger partial charge on any atom is 0.338 e. The van der Waals surface area contributed by atoms with Crippen molar-refractivity contribution < 1.29 is 23.9 Å². The van der Waals surface area contributed by atoms with Crippen molar-refractivity contribution in [1.82, 2.24) is 0 Å². The van der Waals surface area contributed by atoms with Gasteiger partial charge in [0.2, 0.25) is 0 Å². The van der Waals surface area contributed by atoms with Crippen LogP contribution in [0.2, 0.25) is 0 Å². The normalized spacial score (nSPS) is 36.8. The van der Waals surface area contributed by atoms with Gasteiger partial charge in [0.05, 0.1) is 12.7 Å². The van der Waals surface area contributed by atoms with Crippen molar-refractivity contribution in [3.63, 3.8) is 0 Å². The van der Waals surface area contributed by atoms with Crippen LogP contribution in [-0.2, 0) is 19.1 Å². The molecule has 3 saturated carbocycles. The Morgan fingerprint density at radius 1 is 1.05 bits per heavy atom. The van der Waals surface area contributed by atoms with Crippen molar-refractivity contribution >= 4 is 17.7 Å². The zero-order valence-corrected chi connectivity index (χ0v) is 23.8. The van der Waals surface area contributed by atoms with Crippen LogP contribution in [0.4, 0.5) is 0 Å². The van der Waals surface area contributed by atoms with E-state index >= 15 is 0 Å². The van der Waals surface area contributed by atoms with Crippen LogP contribution in [-0.4, -0.2) is 30.9 Å². The monoisotopic (exact) mass is 520 g/mol. The molecule has 0 unspecified atom stereocenters. The molecule has 5 heteroatoms. The lowest BCUT2D eigenvalue weighted by Gasteiger charge is -2.56. The first-order chi connectivity index (χ1) is 18.1. The Morgan fingerprint density at radius 2 is 1.79 bits per heavy atom. The van der Waals surface area contributed by atoms with Crippen LogP contribution in [0, 0.1) is 47.3 Å². The molecular weight excluding hydrogens is 476 g/mol. The maximum absolute atomic E-state index is 13.9. The van der Waals surface area contributed by atoms with Crippen LogP contribution in [0.3, 0.4) is 0 Å². The standard InChI is InChI=1S/C33H44O5/c1-20-6-9-22(10-7-20)31(36)38-24-16-17-32(3)23(18-24)11-12-25-27-14-13-26(21(2)8-15-30(35)37-5)33(27,4)29(34)19-28(25)32/h6-7,9-10,19,21,23-27H,8,11-18H2,1-5H3/t21-,23-,24+,25+,26-,27+,32+,33-/m1/s1. The van der Waals surface area contributed by atoms with Crippen molar-refractivity contribution in [3.05, 3.63) is 47.0 Å².